The van der Waals surface area contributed by atoms with E-state index in [0.29, 0.717) is 12.0 Å². The van der Waals surface area contributed by atoms with Gasteiger partial charge in [-0.2, -0.15) is 0 Å². The van der Waals surface area contributed by atoms with E-state index in [1.54, 1.807) is 0 Å². The van der Waals surface area contributed by atoms with Crippen LogP contribution < -0.4 is 0 Å². The van der Waals surface area contributed by atoms with Gasteiger partial charge < -0.3 is 9.31 Å². The summed E-state index contributed by atoms with van der Waals surface area (Å²) in [4.78, 5) is 0. The number of hydrogen-bond acceptors (Lipinski definition) is 2. The standard InChI is InChI=1S/C12H14BF2O2/c1-2-3-8-4-10(14)12(11(15)5-8)9-6-16-13-17-7-9/h4-5,9H,2-3,6-7H2,1H3. The zero-order valence-corrected chi connectivity index (χ0v) is 9.71. The number of hydrogen-bond donors (Lipinski definition) is 0. The fraction of sp³-hybridized carbons (Fsp3) is 0.500. The van der Waals surface area contributed by atoms with Gasteiger partial charge in [0, 0.05) is 24.7 Å². The number of aryl methyl sites for hydroxylation is 1. The first-order valence-electron chi connectivity index (χ1n) is 5.75. The summed E-state index contributed by atoms with van der Waals surface area (Å²) in [6.07, 6.45) is 1.54. The fourth-order valence-corrected chi connectivity index (χ4v) is 2.03. The molecule has 0 N–H and O–H groups in total. The summed E-state index contributed by atoms with van der Waals surface area (Å²) < 4.78 is 37.6. The largest absolute Gasteiger partial charge is 0.488 e. The van der Waals surface area contributed by atoms with Gasteiger partial charge in [-0.25, -0.2) is 8.78 Å². The molecule has 2 nitrogen and oxygen atoms in total. The molecule has 0 atom stereocenters. The lowest BCUT2D eigenvalue weighted by molar-refractivity contribution is 0.129. The van der Waals surface area contributed by atoms with Crippen molar-refractivity contribution in [2.75, 3.05) is 13.2 Å². The first-order valence-corrected chi connectivity index (χ1v) is 5.75. The lowest BCUT2D eigenvalue weighted by Gasteiger charge is -2.23. The van der Waals surface area contributed by atoms with Crippen LogP contribution in [-0.2, 0) is 15.7 Å². The van der Waals surface area contributed by atoms with Gasteiger partial charge in [-0.05, 0) is 24.1 Å². The number of rotatable bonds is 3. The van der Waals surface area contributed by atoms with Gasteiger partial charge in [-0.15, -0.1) is 0 Å². The Balaban J connectivity index is 2.27. The van der Waals surface area contributed by atoms with Crippen LogP contribution in [0.4, 0.5) is 8.78 Å². The second-order valence-corrected chi connectivity index (χ2v) is 4.18. The van der Waals surface area contributed by atoms with E-state index in [-0.39, 0.29) is 24.7 Å². The maximum Gasteiger partial charge on any atom is 0.488 e. The molecule has 17 heavy (non-hydrogen) atoms. The highest BCUT2D eigenvalue weighted by Gasteiger charge is 2.24. The molecule has 0 unspecified atom stereocenters. The molecule has 0 saturated carbocycles. The Kier molecular flexibility index (Phi) is 4.13. The quantitative estimate of drug-likeness (QED) is 0.754. The molecule has 0 spiro atoms. The highest BCUT2D eigenvalue weighted by molar-refractivity contribution is 6.18. The Hall–Kier alpha value is -0.935. The van der Waals surface area contributed by atoms with Crippen LogP contribution in [0.5, 0.6) is 0 Å². The minimum absolute atomic E-state index is 0.0675. The highest BCUT2D eigenvalue weighted by atomic mass is 19.1. The zero-order chi connectivity index (χ0) is 12.3. The van der Waals surface area contributed by atoms with Crippen LogP contribution in [0.25, 0.3) is 0 Å². The molecule has 1 saturated heterocycles. The minimum Gasteiger partial charge on any atom is -0.413 e. The van der Waals surface area contributed by atoms with Crippen LogP contribution in [0, 0.1) is 11.6 Å². The normalized spacial score (nSPS) is 16.9. The second-order valence-electron chi connectivity index (χ2n) is 4.18. The van der Waals surface area contributed by atoms with Crippen LogP contribution in [0.1, 0.15) is 30.4 Å². The molecule has 1 radical (unpaired) electrons. The summed E-state index contributed by atoms with van der Waals surface area (Å²) in [6, 6.07) is 2.81. The topological polar surface area (TPSA) is 18.5 Å². The van der Waals surface area contributed by atoms with Gasteiger partial charge in [0.2, 0.25) is 0 Å². The molecule has 1 heterocycles. The molecule has 91 valence electrons. The van der Waals surface area contributed by atoms with Crippen molar-refractivity contribution >= 4 is 7.69 Å². The van der Waals surface area contributed by atoms with Gasteiger partial charge in [0.1, 0.15) is 11.6 Å². The fourth-order valence-electron chi connectivity index (χ4n) is 2.03. The third-order valence-corrected chi connectivity index (χ3v) is 2.82. The third-order valence-electron chi connectivity index (χ3n) is 2.82. The maximum atomic E-state index is 13.9. The van der Waals surface area contributed by atoms with Crippen molar-refractivity contribution in [3.8, 4) is 0 Å². The van der Waals surface area contributed by atoms with Gasteiger partial charge in [0.25, 0.3) is 0 Å². The van der Waals surface area contributed by atoms with Crippen molar-refractivity contribution in [1.29, 1.82) is 0 Å². The van der Waals surface area contributed by atoms with Crippen LogP contribution in [0.3, 0.4) is 0 Å². The molecule has 1 aliphatic rings. The van der Waals surface area contributed by atoms with E-state index in [4.69, 9.17) is 9.31 Å². The van der Waals surface area contributed by atoms with Gasteiger partial charge in [-0.3, -0.25) is 0 Å². The minimum atomic E-state index is -0.507. The maximum absolute atomic E-state index is 13.9. The Morgan fingerprint density at radius 3 is 2.35 bits per heavy atom. The van der Waals surface area contributed by atoms with Gasteiger partial charge in [-0.1, -0.05) is 13.3 Å². The van der Waals surface area contributed by atoms with Crippen molar-refractivity contribution in [2.24, 2.45) is 0 Å². The van der Waals surface area contributed by atoms with Gasteiger partial charge in [0.15, 0.2) is 0 Å². The van der Waals surface area contributed by atoms with Crippen molar-refractivity contribution in [3.05, 3.63) is 34.9 Å². The molecule has 1 aromatic rings. The molecule has 0 aliphatic carbocycles. The average molecular weight is 239 g/mol. The highest BCUT2D eigenvalue weighted by Crippen LogP contribution is 2.26. The van der Waals surface area contributed by atoms with E-state index in [0.717, 1.165) is 6.42 Å². The molecule has 0 bridgehead atoms. The SMILES string of the molecule is CCCc1cc(F)c(C2CO[B]OC2)c(F)c1. The number of benzene rings is 1. The molecule has 0 amide bonds. The Bertz CT molecular complexity index is 369. The van der Waals surface area contributed by atoms with E-state index in [1.165, 1.54) is 19.8 Å². The Labute approximate surface area is 100 Å². The first kappa shape index (κ1) is 12.5. The Morgan fingerprint density at radius 1 is 1.24 bits per heavy atom. The lowest BCUT2D eigenvalue weighted by Crippen LogP contribution is -2.26. The summed E-state index contributed by atoms with van der Waals surface area (Å²) >= 11 is 0. The lowest BCUT2D eigenvalue weighted by atomic mass is 9.95. The predicted octanol–water partition coefficient (Wildman–Crippen LogP) is 2.58. The van der Waals surface area contributed by atoms with Crippen molar-refractivity contribution in [1.82, 2.24) is 0 Å². The summed E-state index contributed by atoms with van der Waals surface area (Å²) in [5.41, 5.74) is 0.758. The van der Waals surface area contributed by atoms with Crippen molar-refractivity contribution in [2.45, 2.75) is 25.7 Å². The van der Waals surface area contributed by atoms with E-state index < -0.39 is 11.6 Å². The van der Waals surface area contributed by atoms with Crippen LogP contribution >= 0.6 is 0 Å². The van der Waals surface area contributed by atoms with Crippen molar-refractivity contribution < 1.29 is 18.1 Å². The molecular formula is C12H14BF2O2. The van der Waals surface area contributed by atoms with Crippen LogP contribution in [-0.4, -0.2) is 20.9 Å². The third kappa shape index (κ3) is 2.84. The van der Waals surface area contributed by atoms with Gasteiger partial charge in [0.05, 0.1) is 0 Å². The summed E-state index contributed by atoms with van der Waals surface area (Å²) in [6.45, 7) is 2.48. The molecule has 2 rings (SSSR count). The predicted molar refractivity (Wildman–Crippen MR) is 60.8 cm³/mol. The Morgan fingerprint density at radius 2 is 1.82 bits per heavy atom. The summed E-state index contributed by atoms with van der Waals surface area (Å²) in [5.74, 6) is -1.39. The zero-order valence-electron chi connectivity index (χ0n) is 9.71. The average Bonchev–Trinajstić information content (AvgIpc) is 2.30. The summed E-state index contributed by atoms with van der Waals surface area (Å²) in [7, 11) is 1.21. The van der Waals surface area contributed by atoms with E-state index in [2.05, 4.69) is 0 Å². The molecule has 1 aromatic carbocycles. The van der Waals surface area contributed by atoms with Crippen LogP contribution in [0.15, 0.2) is 12.1 Å². The second kappa shape index (κ2) is 5.60. The van der Waals surface area contributed by atoms with Gasteiger partial charge >= 0.3 is 7.69 Å². The smallest absolute Gasteiger partial charge is 0.413 e. The molecule has 5 heteroatoms. The van der Waals surface area contributed by atoms with E-state index in [1.807, 2.05) is 6.92 Å². The summed E-state index contributed by atoms with van der Waals surface area (Å²) in [5, 5.41) is 0. The first-order chi connectivity index (χ1) is 8.22. The molecule has 1 aliphatic heterocycles. The van der Waals surface area contributed by atoms with E-state index in [9.17, 15) is 8.78 Å². The van der Waals surface area contributed by atoms with Crippen molar-refractivity contribution in [3.63, 3.8) is 0 Å². The number of halogens is 2. The molecule has 0 aromatic heterocycles. The van der Waals surface area contributed by atoms with E-state index >= 15 is 0 Å². The molecule has 1 fully saturated rings. The monoisotopic (exact) mass is 239 g/mol. The van der Waals surface area contributed by atoms with Crippen LogP contribution in [0.2, 0.25) is 0 Å². The molecular weight excluding hydrogens is 225 g/mol.